The van der Waals surface area contributed by atoms with E-state index in [2.05, 4.69) is 152 Å². The van der Waals surface area contributed by atoms with Crippen molar-refractivity contribution in [1.29, 1.82) is 0 Å². The summed E-state index contributed by atoms with van der Waals surface area (Å²) >= 11 is 0. The van der Waals surface area contributed by atoms with Gasteiger partial charge in [0.15, 0.2) is 17.5 Å². The first-order valence-electron chi connectivity index (χ1n) is 14.8. The van der Waals surface area contributed by atoms with Crippen LogP contribution in [-0.4, -0.2) is 15.0 Å². The molecule has 0 spiro atoms. The monoisotopic (exact) mass is 561 g/mol. The zero-order valence-corrected chi connectivity index (χ0v) is 23.9. The van der Waals surface area contributed by atoms with Crippen LogP contribution in [0.25, 0.3) is 78.0 Å². The predicted octanol–water partition coefficient (Wildman–Crippen LogP) is 10.5. The van der Waals surface area contributed by atoms with Gasteiger partial charge in [0.05, 0.1) is 0 Å². The Morgan fingerprint density at radius 1 is 0.250 bits per heavy atom. The molecule has 44 heavy (non-hydrogen) atoms. The number of rotatable bonds is 5. The molecule has 0 N–H and O–H groups in total. The molecular formula is C41H27N3. The van der Waals surface area contributed by atoms with Gasteiger partial charge in [0, 0.05) is 16.7 Å². The molecule has 0 aliphatic rings. The molecule has 7 aromatic carbocycles. The molecule has 0 atom stereocenters. The average Bonchev–Trinajstić information content (AvgIpc) is 3.12. The fourth-order valence-corrected chi connectivity index (χ4v) is 5.79. The third-order valence-electron chi connectivity index (χ3n) is 8.14. The Hall–Kier alpha value is -5.93. The summed E-state index contributed by atoms with van der Waals surface area (Å²) in [5, 5.41) is 4.80. The Morgan fingerprint density at radius 2 is 0.614 bits per heavy atom. The summed E-state index contributed by atoms with van der Waals surface area (Å²) in [6, 6.07) is 57.0. The molecule has 8 aromatic rings. The van der Waals surface area contributed by atoms with E-state index in [4.69, 9.17) is 15.0 Å². The van der Waals surface area contributed by atoms with Crippen molar-refractivity contribution in [2.24, 2.45) is 0 Å². The van der Waals surface area contributed by atoms with Crippen molar-refractivity contribution >= 4 is 21.5 Å². The van der Waals surface area contributed by atoms with Gasteiger partial charge in [-0.15, -0.1) is 0 Å². The zero-order valence-electron chi connectivity index (χ0n) is 23.9. The summed E-state index contributed by atoms with van der Waals surface area (Å²) in [5.41, 5.74) is 7.52. The van der Waals surface area contributed by atoms with Crippen molar-refractivity contribution in [3.8, 4) is 56.4 Å². The molecule has 0 fully saturated rings. The van der Waals surface area contributed by atoms with Crippen LogP contribution in [0.3, 0.4) is 0 Å². The van der Waals surface area contributed by atoms with Gasteiger partial charge in [-0.2, -0.15) is 0 Å². The van der Waals surface area contributed by atoms with Gasteiger partial charge in [-0.25, -0.2) is 15.0 Å². The lowest BCUT2D eigenvalue weighted by Gasteiger charge is -2.11. The van der Waals surface area contributed by atoms with Gasteiger partial charge in [0.2, 0.25) is 0 Å². The standard InChI is InChI=1S/C41H27N3/c1-3-9-28(10-4-1)30-15-22-34(23-16-30)39-42-40(35-24-17-31(18-25-35)29-11-5-2-6-12-29)44-41(43-39)36-26-21-33-20-19-32-13-7-8-14-37(32)38(33)27-36/h1-27H. The Bertz CT molecular complexity index is 2140. The van der Waals surface area contributed by atoms with Crippen molar-refractivity contribution in [3.63, 3.8) is 0 Å². The van der Waals surface area contributed by atoms with Crippen molar-refractivity contribution < 1.29 is 0 Å². The van der Waals surface area contributed by atoms with Crippen LogP contribution in [0.1, 0.15) is 0 Å². The molecule has 3 nitrogen and oxygen atoms in total. The van der Waals surface area contributed by atoms with E-state index in [9.17, 15) is 0 Å². The van der Waals surface area contributed by atoms with Gasteiger partial charge in [-0.1, -0.05) is 158 Å². The number of benzene rings is 7. The molecule has 0 saturated heterocycles. The highest BCUT2D eigenvalue weighted by Gasteiger charge is 2.14. The van der Waals surface area contributed by atoms with Crippen molar-refractivity contribution in [2.75, 3.05) is 0 Å². The largest absolute Gasteiger partial charge is 0.208 e. The Kier molecular flexibility index (Phi) is 6.47. The van der Waals surface area contributed by atoms with Gasteiger partial charge >= 0.3 is 0 Å². The molecule has 8 rings (SSSR count). The highest BCUT2D eigenvalue weighted by molar-refractivity contribution is 6.08. The summed E-state index contributed by atoms with van der Waals surface area (Å²) in [5.74, 6) is 1.95. The SMILES string of the molecule is c1ccc(-c2ccc(-c3nc(-c4ccc(-c5ccccc5)cc4)nc(-c4ccc5ccc6ccccc6c5c4)n3)cc2)cc1. The molecule has 0 amide bonds. The van der Waals surface area contributed by atoms with E-state index in [1.807, 2.05) is 12.1 Å². The first-order chi connectivity index (χ1) is 21.8. The number of hydrogen-bond donors (Lipinski definition) is 0. The molecule has 1 aromatic heterocycles. The minimum absolute atomic E-state index is 0.648. The molecule has 0 radical (unpaired) electrons. The van der Waals surface area contributed by atoms with Gasteiger partial charge in [0.1, 0.15) is 0 Å². The van der Waals surface area contributed by atoms with Gasteiger partial charge in [0.25, 0.3) is 0 Å². The van der Waals surface area contributed by atoms with E-state index < -0.39 is 0 Å². The first-order valence-corrected chi connectivity index (χ1v) is 14.8. The number of hydrogen-bond acceptors (Lipinski definition) is 3. The molecule has 0 aliphatic heterocycles. The van der Waals surface area contributed by atoms with Crippen LogP contribution >= 0.6 is 0 Å². The van der Waals surface area contributed by atoms with E-state index in [1.54, 1.807) is 0 Å². The fourth-order valence-electron chi connectivity index (χ4n) is 5.79. The Balaban J connectivity index is 1.26. The van der Waals surface area contributed by atoms with Gasteiger partial charge in [-0.05, 0) is 49.9 Å². The number of nitrogens with zero attached hydrogens (tertiary/aromatic N) is 3. The second-order valence-corrected chi connectivity index (χ2v) is 10.9. The molecule has 206 valence electrons. The Morgan fingerprint density at radius 3 is 1.16 bits per heavy atom. The second kappa shape index (κ2) is 11.0. The molecule has 3 heteroatoms. The van der Waals surface area contributed by atoms with Crippen LogP contribution in [0.5, 0.6) is 0 Å². The maximum atomic E-state index is 5.03. The lowest BCUT2D eigenvalue weighted by atomic mass is 9.99. The molecule has 0 bridgehead atoms. The molecule has 1 heterocycles. The minimum atomic E-state index is 0.648. The minimum Gasteiger partial charge on any atom is -0.208 e. The normalized spacial score (nSPS) is 11.2. The third kappa shape index (κ3) is 4.91. The Labute approximate surface area is 256 Å². The second-order valence-electron chi connectivity index (χ2n) is 10.9. The van der Waals surface area contributed by atoms with Crippen LogP contribution in [0.4, 0.5) is 0 Å². The summed E-state index contributed by atoms with van der Waals surface area (Å²) in [4.78, 5) is 15.1. The van der Waals surface area contributed by atoms with Crippen LogP contribution in [0.15, 0.2) is 164 Å². The van der Waals surface area contributed by atoms with Crippen molar-refractivity contribution in [1.82, 2.24) is 15.0 Å². The van der Waals surface area contributed by atoms with Gasteiger partial charge in [-0.3, -0.25) is 0 Å². The zero-order chi connectivity index (χ0) is 29.3. The van der Waals surface area contributed by atoms with E-state index in [1.165, 1.54) is 32.7 Å². The molecular weight excluding hydrogens is 534 g/mol. The maximum Gasteiger partial charge on any atom is 0.164 e. The van der Waals surface area contributed by atoms with Crippen molar-refractivity contribution in [3.05, 3.63) is 164 Å². The predicted molar refractivity (Wildman–Crippen MR) is 182 cm³/mol. The average molecular weight is 562 g/mol. The van der Waals surface area contributed by atoms with Crippen LogP contribution in [0.2, 0.25) is 0 Å². The number of aromatic nitrogens is 3. The van der Waals surface area contributed by atoms with Crippen LogP contribution in [-0.2, 0) is 0 Å². The van der Waals surface area contributed by atoms with E-state index >= 15 is 0 Å². The molecule has 0 saturated carbocycles. The van der Waals surface area contributed by atoms with Gasteiger partial charge < -0.3 is 0 Å². The molecule has 0 unspecified atom stereocenters. The highest BCUT2D eigenvalue weighted by Crippen LogP contribution is 2.32. The fraction of sp³-hybridized carbons (Fsp3) is 0. The summed E-state index contributed by atoms with van der Waals surface area (Å²) in [7, 11) is 0. The summed E-state index contributed by atoms with van der Waals surface area (Å²) < 4.78 is 0. The third-order valence-corrected chi connectivity index (χ3v) is 8.14. The van der Waals surface area contributed by atoms with E-state index in [-0.39, 0.29) is 0 Å². The molecule has 0 aliphatic carbocycles. The topological polar surface area (TPSA) is 38.7 Å². The van der Waals surface area contributed by atoms with E-state index in [0.29, 0.717) is 17.5 Å². The lowest BCUT2D eigenvalue weighted by molar-refractivity contribution is 1.07. The highest BCUT2D eigenvalue weighted by atomic mass is 15.0. The summed E-state index contributed by atoms with van der Waals surface area (Å²) in [6.45, 7) is 0. The smallest absolute Gasteiger partial charge is 0.164 e. The van der Waals surface area contributed by atoms with Crippen LogP contribution in [0, 0.1) is 0 Å². The number of fused-ring (bicyclic) bond motifs is 3. The first kappa shape index (κ1) is 25.8. The van der Waals surface area contributed by atoms with E-state index in [0.717, 1.165) is 27.8 Å². The maximum absolute atomic E-state index is 5.03. The quantitative estimate of drug-likeness (QED) is 0.196. The van der Waals surface area contributed by atoms with Crippen molar-refractivity contribution in [2.45, 2.75) is 0 Å². The summed E-state index contributed by atoms with van der Waals surface area (Å²) in [6.07, 6.45) is 0. The lowest BCUT2D eigenvalue weighted by Crippen LogP contribution is -2.00. The van der Waals surface area contributed by atoms with Crippen LogP contribution < -0.4 is 0 Å².